The van der Waals surface area contributed by atoms with E-state index in [4.69, 9.17) is 9.47 Å². The van der Waals surface area contributed by atoms with Crippen molar-refractivity contribution in [1.82, 2.24) is 19.5 Å². The van der Waals surface area contributed by atoms with Gasteiger partial charge in [-0.05, 0) is 24.3 Å². The first-order chi connectivity index (χ1) is 15.7. The number of hydrogen-bond donors (Lipinski definition) is 1. The van der Waals surface area contributed by atoms with Gasteiger partial charge < -0.3 is 14.8 Å². The van der Waals surface area contributed by atoms with Crippen molar-refractivity contribution in [3.8, 4) is 0 Å². The number of esters is 1. The van der Waals surface area contributed by atoms with E-state index in [0.717, 1.165) is 0 Å². The minimum absolute atomic E-state index is 0.269. The maximum Gasteiger partial charge on any atom is 0.338 e. The van der Waals surface area contributed by atoms with Gasteiger partial charge in [0.2, 0.25) is 0 Å². The number of anilines is 1. The van der Waals surface area contributed by atoms with Crippen LogP contribution in [0.2, 0.25) is 0 Å². The van der Waals surface area contributed by atoms with Crippen LogP contribution in [0.3, 0.4) is 0 Å². The lowest BCUT2D eigenvalue weighted by Crippen LogP contribution is -2.18. The Balaban J connectivity index is 1.31. The third kappa shape index (κ3) is 3.93. The standard InChI is InChI=1S/C23H19N5O4/c29-22(15-7-3-1-4-8-15)27-20-19-21(25-13-24-20)28(14-26-19)18-11-17(12-31-18)32-23(30)16-9-5-2-6-10-16/h1-10,13-14,17-18H,11-12H2,(H,24,25,27,29)/t17-,18-/m0/s1. The Morgan fingerprint density at radius 1 is 0.969 bits per heavy atom. The van der Waals surface area contributed by atoms with Crippen LogP contribution >= 0.6 is 0 Å². The second kappa shape index (κ2) is 8.56. The molecular formula is C23H19N5O4. The fourth-order valence-corrected chi connectivity index (χ4v) is 3.57. The van der Waals surface area contributed by atoms with Crippen molar-refractivity contribution >= 4 is 28.9 Å². The second-order valence-electron chi connectivity index (χ2n) is 7.28. The SMILES string of the molecule is O=C(Nc1ncnc2c1ncn2[C@@H]1C[C@H](OC(=O)c2ccccc2)CO1)c1ccccc1. The summed E-state index contributed by atoms with van der Waals surface area (Å²) in [6.45, 7) is 0.269. The van der Waals surface area contributed by atoms with Crippen LogP contribution in [-0.2, 0) is 9.47 Å². The number of nitrogens with zero attached hydrogens (tertiary/aromatic N) is 4. The van der Waals surface area contributed by atoms with E-state index in [1.165, 1.54) is 6.33 Å². The largest absolute Gasteiger partial charge is 0.456 e. The minimum atomic E-state index is -0.402. The first-order valence-corrected chi connectivity index (χ1v) is 10.1. The van der Waals surface area contributed by atoms with Gasteiger partial charge >= 0.3 is 5.97 Å². The quantitative estimate of drug-likeness (QED) is 0.485. The summed E-state index contributed by atoms with van der Waals surface area (Å²) in [5, 5.41) is 2.78. The Hall–Kier alpha value is -4.11. The molecular weight excluding hydrogens is 410 g/mol. The van der Waals surface area contributed by atoms with Crippen molar-refractivity contribution in [3.05, 3.63) is 84.4 Å². The van der Waals surface area contributed by atoms with Gasteiger partial charge in [-0.25, -0.2) is 19.7 Å². The Kier molecular flexibility index (Phi) is 5.30. The van der Waals surface area contributed by atoms with Crippen LogP contribution in [0.25, 0.3) is 11.2 Å². The summed E-state index contributed by atoms with van der Waals surface area (Å²) < 4.78 is 13.2. The molecule has 4 aromatic rings. The molecule has 9 nitrogen and oxygen atoms in total. The number of imidazole rings is 1. The molecule has 1 aliphatic rings. The predicted molar refractivity (Wildman–Crippen MR) is 115 cm³/mol. The summed E-state index contributed by atoms with van der Waals surface area (Å²) in [5.41, 5.74) is 1.98. The van der Waals surface area contributed by atoms with Crippen molar-refractivity contribution in [2.45, 2.75) is 18.8 Å². The van der Waals surface area contributed by atoms with E-state index >= 15 is 0 Å². The summed E-state index contributed by atoms with van der Waals surface area (Å²) >= 11 is 0. The third-order valence-electron chi connectivity index (χ3n) is 5.16. The van der Waals surface area contributed by atoms with Crippen LogP contribution in [0.4, 0.5) is 5.82 Å². The molecule has 1 N–H and O–H groups in total. The normalized spacial score (nSPS) is 17.9. The molecule has 3 heterocycles. The number of hydrogen-bond acceptors (Lipinski definition) is 7. The highest BCUT2D eigenvalue weighted by atomic mass is 16.6. The molecule has 0 spiro atoms. The zero-order valence-electron chi connectivity index (χ0n) is 16.9. The molecule has 9 heteroatoms. The maximum absolute atomic E-state index is 12.5. The van der Waals surface area contributed by atoms with E-state index in [1.54, 1.807) is 59.4 Å². The molecule has 32 heavy (non-hydrogen) atoms. The van der Waals surface area contributed by atoms with Crippen LogP contribution in [0.1, 0.15) is 33.4 Å². The molecule has 0 bridgehead atoms. The molecule has 0 unspecified atom stereocenters. The second-order valence-corrected chi connectivity index (χ2v) is 7.28. The number of carbonyl (C=O) groups excluding carboxylic acids is 2. The van der Waals surface area contributed by atoms with Gasteiger partial charge in [0.25, 0.3) is 5.91 Å². The highest BCUT2D eigenvalue weighted by Crippen LogP contribution is 2.30. The first kappa shape index (κ1) is 19.8. The van der Waals surface area contributed by atoms with E-state index < -0.39 is 6.23 Å². The molecule has 1 saturated heterocycles. The lowest BCUT2D eigenvalue weighted by atomic mass is 10.2. The number of amides is 1. The molecule has 5 rings (SSSR count). The molecule has 1 amide bonds. The molecule has 0 aliphatic carbocycles. The highest BCUT2D eigenvalue weighted by molar-refractivity contribution is 6.06. The van der Waals surface area contributed by atoms with Gasteiger partial charge in [-0.1, -0.05) is 36.4 Å². The van der Waals surface area contributed by atoms with Gasteiger partial charge in [-0.3, -0.25) is 9.36 Å². The van der Waals surface area contributed by atoms with Gasteiger partial charge in [-0.15, -0.1) is 0 Å². The number of nitrogens with one attached hydrogen (secondary N) is 1. The molecule has 0 saturated carbocycles. The lowest BCUT2D eigenvalue weighted by Gasteiger charge is -2.12. The number of rotatable bonds is 5. The molecule has 0 radical (unpaired) electrons. The van der Waals surface area contributed by atoms with E-state index in [-0.39, 0.29) is 24.6 Å². The molecule has 2 aromatic carbocycles. The molecule has 1 aliphatic heterocycles. The van der Waals surface area contributed by atoms with Crippen molar-refractivity contribution in [3.63, 3.8) is 0 Å². The van der Waals surface area contributed by atoms with Gasteiger partial charge in [0.1, 0.15) is 18.7 Å². The van der Waals surface area contributed by atoms with Crippen LogP contribution in [0, 0.1) is 0 Å². The summed E-state index contributed by atoms with van der Waals surface area (Å²) in [7, 11) is 0. The summed E-state index contributed by atoms with van der Waals surface area (Å²) in [6.07, 6.45) is 2.62. The number of fused-ring (bicyclic) bond motifs is 1. The predicted octanol–water partition coefficient (Wildman–Crippen LogP) is 3.22. The third-order valence-corrected chi connectivity index (χ3v) is 5.16. The van der Waals surface area contributed by atoms with Gasteiger partial charge in [0, 0.05) is 12.0 Å². The van der Waals surface area contributed by atoms with Gasteiger partial charge in [0.15, 0.2) is 17.0 Å². The van der Waals surface area contributed by atoms with Crippen LogP contribution in [0.5, 0.6) is 0 Å². The van der Waals surface area contributed by atoms with Crippen LogP contribution in [0.15, 0.2) is 73.3 Å². The number of benzene rings is 2. The van der Waals surface area contributed by atoms with Crippen molar-refractivity contribution in [2.75, 3.05) is 11.9 Å². The monoisotopic (exact) mass is 429 g/mol. The van der Waals surface area contributed by atoms with E-state index in [1.807, 2.05) is 12.1 Å². The topological polar surface area (TPSA) is 108 Å². The molecule has 2 atom stereocenters. The smallest absolute Gasteiger partial charge is 0.338 e. The van der Waals surface area contributed by atoms with Crippen LogP contribution in [-0.4, -0.2) is 44.1 Å². The van der Waals surface area contributed by atoms with E-state index in [0.29, 0.717) is 34.5 Å². The van der Waals surface area contributed by atoms with E-state index in [2.05, 4.69) is 20.3 Å². The fraction of sp³-hybridized carbons (Fsp3) is 0.174. The number of ether oxygens (including phenoxy) is 2. The Morgan fingerprint density at radius 3 is 2.44 bits per heavy atom. The van der Waals surface area contributed by atoms with Crippen LogP contribution < -0.4 is 5.32 Å². The van der Waals surface area contributed by atoms with Crippen molar-refractivity contribution in [1.29, 1.82) is 0 Å². The first-order valence-electron chi connectivity index (χ1n) is 10.1. The number of carbonyl (C=O) groups is 2. The van der Waals surface area contributed by atoms with Gasteiger partial charge in [0.05, 0.1) is 18.5 Å². The average molecular weight is 429 g/mol. The fourth-order valence-electron chi connectivity index (χ4n) is 3.57. The summed E-state index contributed by atoms with van der Waals surface area (Å²) in [5.74, 6) is -0.360. The zero-order valence-corrected chi connectivity index (χ0v) is 16.9. The molecule has 2 aromatic heterocycles. The van der Waals surface area contributed by atoms with Gasteiger partial charge in [-0.2, -0.15) is 0 Å². The van der Waals surface area contributed by atoms with E-state index in [9.17, 15) is 9.59 Å². The van der Waals surface area contributed by atoms with Crippen molar-refractivity contribution < 1.29 is 19.1 Å². The summed E-state index contributed by atoms with van der Waals surface area (Å²) in [6, 6.07) is 17.7. The number of aromatic nitrogens is 4. The Labute approximate surface area is 183 Å². The minimum Gasteiger partial charge on any atom is -0.456 e. The molecule has 160 valence electrons. The van der Waals surface area contributed by atoms with Crippen molar-refractivity contribution in [2.24, 2.45) is 0 Å². The Morgan fingerprint density at radius 2 is 1.69 bits per heavy atom. The molecule has 1 fully saturated rings. The Bertz CT molecular complexity index is 1260. The lowest BCUT2D eigenvalue weighted by molar-refractivity contribution is 0.0216. The maximum atomic E-state index is 12.5. The summed E-state index contributed by atoms with van der Waals surface area (Å²) in [4.78, 5) is 37.7. The zero-order chi connectivity index (χ0) is 21.9. The average Bonchev–Trinajstić information content (AvgIpc) is 3.47. The highest BCUT2D eigenvalue weighted by Gasteiger charge is 2.31.